The van der Waals surface area contributed by atoms with Gasteiger partial charge in [0.15, 0.2) is 0 Å². The van der Waals surface area contributed by atoms with Crippen molar-refractivity contribution in [2.24, 2.45) is 5.41 Å². The van der Waals surface area contributed by atoms with E-state index in [1.54, 1.807) is 30.1 Å². The molecule has 0 bridgehead atoms. The van der Waals surface area contributed by atoms with E-state index in [2.05, 4.69) is 5.32 Å². The first-order valence-electron chi connectivity index (χ1n) is 6.44. The molecule has 0 radical (unpaired) electrons. The van der Waals surface area contributed by atoms with Crippen LogP contribution in [-0.4, -0.2) is 36.9 Å². The van der Waals surface area contributed by atoms with Crippen LogP contribution in [-0.2, 0) is 4.79 Å². The highest BCUT2D eigenvalue weighted by atomic mass is 35.5. The highest BCUT2D eigenvalue weighted by molar-refractivity contribution is 6.34. The van der Waals surface area contributed by atoms with E-state index in [0.717, 1.165) is 0 Å². The minimum atomic E-state index is -0.544. The highest BCUT2D eigenvalue weighted by Crippen LogP contribution is 2.32. The van der Waals surface area contributed by atoms with Crippen LogP contribution in [0.15, 0.2) is 18.2 Å². The van der Waals surface area contributed by atoms with Gasteiger partial charge in [0.05, 0.1) is 16.0 Å². The van der Waals surface area contributed by atoms with Gasteiger partial charge in [0.25, 0.3) is 5.91 Å². The smallest absolute Gasteiger partial charge is 0.255 e. The quantitative estimate of drug-likeness (QED) is 0.812. The number of amides is 2. The van der Waals surface area contributed by atoms with Gasteiger partial charge in [-0.05, 0) is 31.5 Å². The van der Waals surface area contributed by atoms with Crippen molar-refractivity contribution in [3.05, 3.63) is 28.8 Å². The Bertz CT molecular complexity index is 561. The van der Waals surface area contributed by atoms with Crippen LogP contribution in [0.3, 0.4) is 0 Å². The van der Waals surface area contributed by atoms with E-state index in [-0.39, 0.29) is 11.8 Å². The van der Waals surface area contributed by atoms with E-state index in [0.29, 0.717) is 35.8 Å². The van der Waals surface area contributed by atoms with Gasteiger partial charge in [0.2, 0.25) is 5.91 Å². The van der Waals surface area contributed by atoms with Crippen molar-refractivity contribution < 1.29 is 9.59 Å². The third-order valence-electron chi connectivity index (χ3n) is 3.76. The maximum Gasteiger partial charge on any atom is 0.255 e. The molecule has 3 N–H and O–H groups in total. The fourth-order valence-electron chi connectivity index (χ4n) is 2.50. The Morgan fingerprint density at radius 3 is 2.80 bits per heavy atom. The molecule has 1 heterocycles. The summed E-state index contributed by atoms with van der Waals surface area (Å²) in [6.45, 7) is 2.78. The van der Waals surface area contributed by atoms with Crippen molar-refractivity contribution in [3.63, 3.8) is 0 Å². The van der Waals surface area contributed by atoms with Gasteiger partial charge in [0.1, 0.15) is 0 Å². The summed E-state index contributed by atoms with van der Waals surface area (Å²) in [5, 5.41) is 3.02. The van der Waals surface area contributed by atoms with Gasteiger partial charge in [0, 0.05) is 25.8 Å². The molecule has 1 saturated heterocycles. The van der Waals surface area contributed by atoms with Crippen LogP contribution in [0.1, 0.15) is 23.7 Å². The van der Waals surface area contributed by atoms with Crippen molar-refractivity contribution in [2.45, 2.75) is 13.3 Å². The molecule has 108 valence electrons. The van der Waals surface area contributed by atoms with Gasteiger partial charge in [-0.25, -0.2) is 0 Å². The number of likely N-dealkylation sites (tertiary alicyclic amines) is 1. The van der Waals surface area contributed by atoms with Crippen LogP contribution in [0.4, 0.5) is 5.69 Å². The van der Waals surface area contributed by atoms with Crippen LogP contribution < -0.4 is 11.1 Å². The van der Waals surface area contributed by atoms with E-state index in [4.69, 9.17) is 17.3 Å². The second kappa shape index (κ2) is 5.32. The average Bonchev–Trinajstić information content (AvgIpc) is 2.83. The average molecular weight is 296 g/mol. The van der Waals surface area contributed by atoms with Gasteiger partial charge < -0.3 is 16.0 Å². The molecule has 1 unspecified atom stereocenters. The van der Waals surface area contributed by atoms with Crippen LogP contribution in [0.25, 0.3) is 0 Å². The third-order valence-corrected chi connectivity index (χ3v) is 4.09. The molecule has 1 aromatic rings. The number of nitrogens with zero attached hydrogens (tertiary/aromatic N) is 1. The highest BCUT2D eigenvalue weighted by Gasteiger charge is 2.41. The maximum atomic E-state index is 12.5. The largest absolute Gasteiger partial charge is 0.399 e. The summed E-state index contributed by atoms with van der Waals surface area (Å²) in [7, 11) is 1.60. The summed E-state index contributed by atoms with van der Waals surface area (Å²) in [6, 6.07) is 4.83. The molecule has 2 amide bonds. The van der Waals surface area contributed by atoms with Gasteiger partial charge >= 0.3 is 0 Å². The number of nitrogens with one attached hydrogen (secondary N) is 1. The van der Waals surface area contributed by atoms with Gasteiger partial charge in [-0.2, -0.15) is 0 Å². The Morgan fingerprint density at radius 2 is 2.15 bits per heavy atom. The Kier molecular flexibility index (Phi) is 3.90. The number of hydrogen-bond donors (Lipinski definition) is 2. The molecule has 1 aromatic carbocycles. The lowest BCUT2D eigenvalue weighted by molar-refractivity contribution is -0.128. The predicted molar refractivity (Wildman–Crippen MR) is 78.6 cm³/mol. The van der Waals surface area contributed by atoms with Crippen molar-refractivity contribution in [1.82, 2.24) is 10.2 Å². The fourth-order valence-corrected chi connectivity index (χ4v) is 2.70. The summed E-state index contributed by atoms with van der Waals surface area (Å²) < 4.78 is 0. The molecule has 20 heavy (non-hydrogen) atoms. The molecular weight excluding hydrogens is 278 g/mol. The lowest BCUT2D eigenvalue weighted by atomic mass is 9.89. The number of nitrogens with two attached hydrogens (primary N) is 1. The Hall–Kier alpha value is -1.75. The number of carbonyl (C=O) groups excluding carboxylic acids is 2. The zero-order valence-electron chi connectivity index (χ0n) is 11.6. The van der Waals surface area contributed by atoms with E-state index in [9.17, 15) is 9.59 Å². The van der Waals surface area contributed by atoms with Gasteiger partial charge in [-0.1, -0.05) is 11.6 Å². The number of anilines is 1. The first-order chi connectivity index (χ1) is 9.37. The molecule has 2 rings (SSSR count). The predicted octanol–water partition coefficient (Wildman–Crippen LogP) is 1.52. The van der Waals surface area contributed by atoms with E-state index in [1.165, 1.54) is 0 Å². The van der Waals surface area contributed by atoms with E-state index >= 15 is 0 Å². The summed E-state index contributed by atoms with van der Waals surface area (Å²) in [5.41, 5.74) is 6.02. The number of nitrogen functional groups attached to an aromatic ring is 1. The summed E-state index contributed by atoms with van der Waals surface area (Å²) >= 11 is 6.05. The lowest BCUT2D eigenvalue weighted by Crippen LogP contribution is -2.40. The summed E-state index contributed by atoms with van der Waals surface area (Å²) in [6.07, 6.45) is 0.637. The van der Waals surface area contributed by atoms with Crippen LogP contribution >= 0.6 is 11.6 Å². The molecular formula is C14H18ClN3O2. The molecule has 0 aliphatic carbocycles. The van der Waals surface area contributed by atoms with Gasteiger partial charge in [-0.3, -0.25) is 9.59 Å². The molecule has 1 aliphatic rings. The fraction of sp³-hybridized carbons (Fsp3) is 0.429. The monoisotopic (exact) mass is 295 g/mol. The molecule has 5 nitrogen and oxygen atoms in total. The zero-order chi connectivity index (χ0) is 14.9. The second-order valence-corrected chi connectivity index (χ2v) is 5.76. The summed E-state index contributed by atoms with van der Waals surface area (Å²) in [5.74, 6) is -0.235. The molecule has 0 spiro atoms. The van der Waals surface area contributed by atoms with Crippen LogP contribution in [0.2, 0.25) is 5.02 Å². The Balaban J connectivity index is 2.20. The SMILES string of the molecule is CNC(=O)C1(C)CCN(C(=O)c2cc(N)ccc2Cl)C1. The zero-order valence-corrected chi connectivity index (χ0v) is 12.3. The number of carbonyl (C=O) groups is 2. The number of halogens is 1. The lowest BCUT2D eigenvalue weighted by Gasteiger charge is -2.23. The molecule has 0 saturated carbocycles. The van der Waals surface area contributed by atoms with Crippen LogP contribution in [0.5, 0.6) is 0 Å². The minimum Gasteiger partial charge on any atom is -0.399 e. The van der Waals surface area contributed by atoms with E-state index in [1.807, 2.05) is 6.92 Å². The van der Waals surface area contributed by atoms with Crippen molar-refractivity contribution >= 4 is 29.1 Å². The molecule has 1 atom stereocenters. The number of hydrogen-bond acceptors (Lipinski definition) is 3. The third kappa shape index (κ3) is 2.58. The molecule has 6 heteroatoms. The first-order valence-corrected chi connectivity index (χ1v) is 6.82. The number of benzene rings is 1. The molecule has 0 aromatic heterocycles. The Labute approximate surface area is 123 Å². The topological polar surface area (TPSA) is 75.4 Å². The number of rotatable bonds is 2. The normalized spacial score (nSPS) is 21.9. The molecule has 1 fully saturated rings. The van der Waals surface area contributed by atoms with Crippen molar-refractivity contribution in [2.75, 3.05) is 25.9 Å². The van der Waals surface area contributed by atoms with Crippen molar-refractivity contribution in [3.8, 4) is 0 Å². The minimum absolute atomic E-state index is 0.0496. The standard InChI is InChI=1S/C14H18ClN3O2/c1-14(13(20)17-2)5-6-18(8-14)12(19)10-7-9(16)3-4-11(10)15/h3-4,7H,5-6,8,16H2,1-2H3,(H,17,20). The van der Waals surface area contributed by atoms with Crippen molar-refractivity contribution in [1.29, 1.82) is 0 Å². The van der Waals surface area contributed by atoms with Crippen LogP contribution in [0, 0.1) is 5.41 Å². The molecule has 1 aliphatic heterocycles. The first kappa shape index (κ1) is 14.7. The van der Waals surface area contributed by atoms with Gasteiger partial charge in [-0.15, -0.1) is 0 Å². The second-order valence-electron chi connectivity index (χ2n) is 5.36. The summed E-state index contributed by atoms with van der Waals surface area (Å²) in [4.78, 5) is 26.0. The van der Waals surface area contributed by atoms with E-state index < -0.39 is 5.41 Å². The Morgan fingerprint density at radius 1 is 1.45 bits per heavy atom. The maximum absolute atomic E-state index is 12.5.